The van der Waals surface area contributed by atoms with Gasteiger partial charge in [0.1, 0.15) is 0 Å². The van der Waals surface area contributed by atoms with Crippen molar-refractivity contribution in [1.82, 2.24) is 9.88 Å². The third-order valence-corrected chi connectivity index (χ3v) is 5.30. The van der Waals surface area contributed by atoms with Crippen LogP contribution in [0.4, 0.5) is 0 Å². The minimum absolute atomic E-state index is 0.187. The van der Waals surface area contributed by atoms with Gasteiger partial charge in [-0.3, -0.25) is 4.90 Å². The summed E-state index contributed by atoms with van der Waals surface area (Å²) in [6, 6.07) is 18.9. The fourth-order valence-electron chi connectivity index (χ4n) is 3.94. The number of nitrogens with zero attached hydrogens (tertiary/aromatic N) is 2. The molecule has 0 aliphatic carbocycles. The molecule has 26 heavy (non-hydrogen) atoms. The topological polar surface area (TPSA) is 45.6 Å². The van der Waals surface area contributed by atoms with Crippen LogP contribution in [0.1, 0.15) is 23.5 Å². The van der Waals surface area contributed by atoms with E-state index in [4.69, 9.17) is 4.74 Å². The third-order valence-electron chi connectivity index (χ3n) is 5.30. The first-order valence-electron chi connectivity index (χ1n) is 9.11. The number of hydrogen-bond donors (Lipinski definition) is 1. The summed E-state index contributed by atoms with van der Waals surface area (Å²) < 4.78 is 5.34. The first-order chi connectivity index (χ1) is 12.7. The van der Waals surface area contributed by atoms with Crippen LogP contribution in [0.2, 0.25) is 0 Å². The summed E-state index contributed by atoms with van der Waals surface area (Å²) in [6.45, 7) is 2.36. The van der Waals surface area contributed by atoms with E-state index in [9.17, 15) is 5.11 Å². The minimum Gasteiger partial charge on any atom is -0.481 e. The van der Waals surface area contributed by atoms with E-state index in [0.29, 0.717) is 12.4 Å². The van der Waals surface area contributed by atoms with Crippen LogP contribution in [0, 0.1) is 0 Å². The van der Waals surface area contributed by atoms with Crippen molar-refractivity contribution in [3.63, 3.8) is 0 Å². The standard InChI is InChI=1S/C22H24N2O2/c1-26-22-19(7-4-11-23-22)14-24-12-10-20(21(25)15-24)18-9-8-16-5-2-3-6-17(16)13-18/h2-9,11,13,20-21,25H,10,12,14-15H2,1H3/t20-,21+/m0/s1. The number of piperidine rings is 1. The Morgan fingerprint density at radius 3 is 2.77 bits per heavy atom. The number of ether oxygens (including phenoxy) is 1. The molecule has 4 rings (SSSR count). The molecule has 1 N–H and O–H groups in total. The van der Waals surface area contributed by atoms with E-state index in [0.717, 1.165) is 25.1 Å². The smallest absolute Gasteiger partial charge is 0.217 e. The monoisotopic (exact) mass is 348 g/mol. The summed E-state index contributed by atoms with van der Waals surface area (Å²) >= 11 is 0. The molecule has 134 valence electrons. The minimum atomic E-state index is -0.368. The van der Waals surface area contributed by atoms with Gasteiger partial charge in [0, 0.05) is 30.8 Å². The summed E-state index contributed by atoms with van der Waals surface area (Å²) in [4.78, 5) is 6.54. The summed E-state index contributed by atoms with van der Waals surface area (Å²) in [6.07, 6.45) is 2.32. The second-order valence-corrected chi connectivity index (χ2v) is 6.98. The van der Waals surface area contributed by atoms with Gasteiger partial charge >= 0.3 is 0 Å². The van der Waals surface area contributed by atoms with Crippen LogP contribution in [-0.2, 0) is 6.54 Å². The highest BCUT2D eigenvalue weighted by atomic mass is 16.5. The lowest BCUT2D eigenvalue weighted by Gasteiger charge is -2.36. The molecule has 0 spiro atoms. The molecule has 4 nitrogen and oxygen atoms in total. The molecule has 2 aromatic carbocycles. The Labute approximate surface area is 154 Å². The molecule has 0 amide bonds. The zero-order valence-corrected chi connectivity index (χ0v) is 15.0. The van der Waals surface area contributed by atoms with Gasteiger partial charge in [-0.1, -0.05) is 48.5 Å². The Morgan fingerprint density at radius 1 is 1.12 bits per heavy atom. The van der Waals surface area contributed by atoms with Crippen LogP contribution in [0.3, 0.4) is 0 Å². The van der Waals surface area contributed by atoms with Crippen LogP contribution >= 0.6 is 0 Å². The number of benzene rings is 2. The number of aliphatic hydroxyl groups excluding tert-OH is 1. The van der Waals surface area contributed by atoms with Crippen LogP contribution in [0.15, 0.2) is 60.8 Å². The molecule has 4 heteroatoms. The van der Waals surface area contributed by atoms with Crippen molar-refractivity contribution in [3.05, 3.63) is 71.9 Å². The van der Waals surface area contributed by atoms with Gasteiger partial charge < -0.3 is 9.84 Å². The number of aliphatic hydroxyl groups is 1. The Hall–Kier alpha value is -2.43. The van der Waals surface area contributed by atoms with Crippen molar-refractivity contribution in [2.24, 2.45) is 0 Å². The van der Waals surface area contributed by atoms with Gasteiger partial charge in [0.25, 0.3) is 0 Å². The molecular formula is C22H24N2O2. The van der Waals surface area contributed by atoms with Crippen molar-refractivity contribution in [3.8, 4) is 5.88 Å². The van der Waals surface area contributed by atoms with Gasteiger partial charge in [-0.25, -0.2) is 4.98 Å². The fraction of sp³-hybridized carbons (Fsp3) is 0.318. The molecule has 0 bridgehead atoms. The summed E-state index contributed by atoms with van der Waals surface area (Å²) in [7, 11) is 1.65. The molecule has 0 radical (unpaired) electrons. The van der Waals surface area contributed by atoms with E-state index < -0.39 is 0 Å². The zero-order chi connectivity index (χ0) is 17.9. The zero-order valence-electron chi connectivity index (χ0n) is 15.0. The predicted octanol–water partition coefficient (Wildman–Crippen LogP) is 3.59. The molecular weight excluding hydrogens is 324 g/mol. The van der Waals surface area contributed by atoms with E-state index in [1.54, 1.807) is 13.3 Å². The van der Waals surface area contributed by atoms with Gasteiger partial charge in [-0.2, -0.15) is 0 Å². The maximum absolute atomic E-state index is 10.8. The molecule has 3 aromatic rings. The molecule has 2 heterocycles. The highest BCUT2D eigenvalue weighted by molar-refractivity contribution is 5.83. The van der Waals surface area contributed by atoms with Crippen molar-refractivity contribution in [1.29, 1.82) is 0 Å². The van der Waals surface area contributed by atoms with Gasteiger partial charge in [-0.15, -0.1) is 0 Å². The highest BCUT2D eigenvalue weighted by Crippen LogP contribution is 2.31. The number of rotatable bonds is 4. The van der Waals surface area contributed by atoms with Gasteiger partial charge in [0.05, 0.1) is 13.2 Å². The van der Waals surface area contributed by atoms with Crippen molar-refractivity contribution in [2.45, 2.75) is 25.0 Å². The van der Waals surface area contributed by atoms with Crippen molar-refractivity contribution >= 4 is 10.8 Å². The molecule has 0 saturated carbocycles. The summed E-state index contributed by atoms with van der Waals surface area (Å²) in [5, 5.41) is 13.3. The molecule has 1 aliphatic rings. The van der Waals surface area contributed by atoms with Crippen LogP contribution in [-0.4, -0.2) is 41.3 Å². The highest BCUT2D eigenvalue weighted by Gasteiger charge is 2.29. The van der Waals surface area contributed by atoms with Crippen molar-refractivity contribution in [2.75, 3.05) is 20.2 Å². The molecule has 2 atom stereocenters. The average Bonchev–Trinajstić information content (AvgIpc) is 2.68. The number of likely N-dealkylation sites (tertiary alicyclic amines) is 1. The van der Waals surface area contributed by atoms with Crippen LogP contribution in [0.25, 0.3) is 10.8 Å². The number of pyridine rings is 1. The molecule has 1 saturated heterocycles. The SMILES string of the molecule is COc1ncccc1CN1CC[C@@H](c2ccc3ccccc3c2)[C@H](O)C1. The lowest BCUT2D eigenvalue weighted by Crippen LogP contribution is -2.42. The Balaban J connectivity index is 1.47. The Kier molecular flexibility index (Phi) is 4.87. The largest absolute Gasteiger partial charge is 0.481 e. The third kappa shape index (κ3) is 3.43. The maximum atomic E-state index is 10.8. The average molecular weight is 348 g/mol. The van der Waals surface area contributed by atoms with Crippen LogP contribution in [0.5, 0.6) is 5.88 Å². The number of fused-ring (bicyclic) bond motifs is 1. The lowest BCUT2D eigenvalue weighted by atomic mass is 9.86. The van der Waals surface area contributed by atoms with Gasteiger partial charge in [-0.05, 0) is 35.4 Å². The number of methoxy groups -OCH3 is 1. The lowest BCUT2D eigenvalue weighted by molar-refractivity contribution is 0.0473. The van der Waals surface area contributed by atoms with E-state index in [2.05, 4.69) is 52.3 Å². The van der Waals surface area contributed by atoms with E-state index >= 15 is 0 Å². The second-order valence-electron chi connectivity index (χ2n) is 6.98. The first-order valence-corrected chi connectivity index (χ1v) is 9.11. The Morgan fingerprint density at radius 2 is 1.96 bits per heavy atom. The predicted molar refractivity (Wildman–Crippen MR) is 103 cm³/mol. The summed E-state index contributed by atoms with van der Waals surface area (Å²) in [5.41, 5.74) is 2.29. The van der Waals surface area contributed by atoms with E-state index in [1.807, 2.05) is 12.1 Å². The van der Waals surface area contributed by atoms with Crippen LogP contribution < -0.4 is 4.74 Å². The van der Waals surface area contributed by atoms with Gasteiger partial charge in [0.15, 0.2) is 0 Å². The normalized spacial score (nSPS) is 21.0. The van der Waals surface area contributed by atoms with E-state index in [1.165, 1.54) is 16.3 Å². The molecule has 1 aliphatic heterocycles. The first kappa shape index (κ1) is 17.0. The van der Waals surface area contributed by atoms with Gasteiger partial charge in [0.2, 0.25) is 5.88 Å². The summed E-state index contributed by atoms with van der Waals surface area (Å²) in [5.74, 6) is 0.852. The molecule has 1 fully saturated rings. The maximum Gasteiger partial charge on any atom is 0.217 e. The number of hydrogen-bond acceptors (Lipinski definition) is 4. The second kappa shape index (κ2) is 7.44. The van der Waals surface area contributed by atoms with E-state index in [-0.39, 0.29) is 12.0 Å². The number of aromatic nitrogens is 1. The Bertz CT molecular complexity index is 896. The molecule has 1 aromatic heterocycles. The fourth-order valence-corrected chi connectivity index (χ4v) is 3.94. The van der Waals surface area contributed by atoms with Crippen molar-refractivity contribution < 1.29 is 9.84 Å². The molecule has 0 unspecified atom stereocenters. The number of β-amino-alcohol motifs (C(OH)–C–C–N with tert-alkyl or cyclic N) is 1. The quantitative estimate of drug-likeness (QED) is 0.783.